The first-order valence-electron chi connectivity index (χ1n) is 6.36. The molecule has 106 valence electrons. The molecule has 4 nitrogen and oxygen atoms in total. The van der Waals surface area contributed by atoms with Crippen LogP contribution in [0.1, 0.15) is 30.6 Å². The van der Waals surface area contributed by atoms with Crippen LogP contribution in [0, 0.1) is 5.92 Å². The number of carbonyl (C=O) groups excluding carboxylic acids is 1. The lowest BCUT2D eigenvalue weighted by Gasteiger charge is -2.32. The van der Waals surface area contributed by atoms with E-state index in [0.717, 1.165) is 15.2 Å². The summed E-state index contributed by atoms with van der Waals surface area (Å²) >= 11 is 3.33. The first kappa shape index (κ1) is 14.9. The van der Waals surface area contributed by atoms with Gasteiger partial charge in [0.15, 0.2) is 5.72 Å². The fourth-order valence-electron chi connectivity index (χ4n) is 2.43. The number of benzene rings is 1. The lowest BCUT2D eigenvalue weighted by atomic mass is 9.90. The molecule has 1 aliphatic heterocycles. The van der Waals surface area contributed by atoms with E-state index in [1.807, 2.05) is 13.0 Å². The smallest absolute Gasteiger partial charge is 0.276 e. The van der Waals surface area contributed by atoms with Gasteiger partial charge in [0.25, 0.3) is 5.91 Å². The molecule has 0 saturated heterocycles. The Morgan fingerprint density at radius 2 is 2.35 bits per heavy atom. The predicted molar refractivity (Wildman–Crippen MR) is 82.3 cm³/mol. The molecule has 1 heterocycles. The molecule has 0 radical (unpaired) electrons. The molecule has 1 amide bonds. The van der Waals surface area contributed by atoms with Gasteiger partial charge in [-0.3, -0.25) is 4.79 Å². The lowest BCUT2D eigenvalue weighted by Crippen LogP contribution is -2.48. The number of hydrazone groups is 1. The first-order valence-corrected chi connectivity index (χ1v) is 7.15. The van der Waals surface area contributed by atoms with Crippen LogP contribution in [0.3, 0.4) is 0 Å². The first-order chi connectivity index (χ1) is 9.37. The third-order valence-corrected chi connectivity index (χ3v) is 4.01. The fourth-order valence-corrected chi connectivity index (χ4v) is 2.83. The summed E-state index contributed by atoms with van der Waals surface area (Å²) in [6.45, 7) is 7.11. The number of hydrogen-bond donors (Lipinski definition) is 1. The minimum absolute atomic E-state index is 0.226. The van der Waals surface area contributed by atoms with Crippen molar-refractivity contribution in [3.8, 4) is 0 Å². The van der Waals surface area contributed by atoms with Crippen LogP contribution in [0.25, 0.3) is 0 Å². The van der Waals surface area contributed by atoms with Crippen molar-refractivity contribution in [3.63, 3.8) is 0 Å². The molecule has 20 heavy (non-hydrogen) atoms. The van der Waals surface area contributed by atoms with Crippen molar-refractivity contribution in [1.29, 1.82) is 0 Å². The molecule has 0 fully saturated rings. The summed E-state index contributed by atoms with van der Waals surface area (Å²) < 4.78 is 0.811. The van der Waals surface area contributed by atoms with Gasteiger partial charge in [-0.05, 0) is 38.5 Å². The Labute approximate surface area is 126 Å². The summed E-state index contributed by atoms with van der Waals surface area (Å²) in [4.78, 5) is 12.5. The number of allylic oxidation sites excluding steroid dienone is 1. The Bertz CT molecular complexity index is 581. The van der Waals surface area contributed by atoms with E-state index >= 15 is 0 Å². The third-order valence-electron chi connectivity index (χ3n) is 3.52. The molecule has 1 N–H and O–H groups in total. The van der Waals surface area contributed by atoms with Gasteiger partial charge in [-0.15, -0.1) is 6.58 Å². The monoisotopic (exact) mass is 336 g/mol. The molecule has 5 heteroatoms. The number of nitrogens with zero attached hydrogens (tertiary/aromatic N) is 2. The maximum absolute atomic E-state index is 12.5. The van der Waals surface area contributed by atoms with Crippen LogP contribution in [0.15, 0.2) is 46.5 Å². The Morgan fingerprint density at radius 1 is 1.65 bits per heavy atom. The van der Waals surface area contributed by atoms with Crippen LogP contribution in [-0.2, 0) is 0 Å². The minimum atomic E-state index is -1.34. The SMILES string of the molecule is C=CCC1C(C)=NN(C(=O)c2cccc(Br)c2)C1(C)O. The molecule has 2 atom stereocenters. The van der Waals surface area contributed by atoms with Gasteiger partial charge in [-0.2, -0.15) is 10.1 Å². The van der Waals surface area contributed by atoms with Gasteiger partial charge >= 0.3 is 0 Å². The van der Waals surface area contributed by atoms with Crippen LogP contribution in [0.5, 0.6) is 0 Å². The second-order valence-corrected chi connectivity index (χ2v) is 5.96. The van der Waals surface area contributed by atoms with Crippen molar-refractivity contribution < 1.29 is 9.90 Å². The molecule has 0 aromatic heterocycles. The molecule has 0 aliphatic carbocycles. The summed E-state index contributed by atoms with van der Waals surface area (Å²) in [5.74, 6) is -0.543. The largest absolute Gasteiger partial charge is 0.369 e. The number of aliphatic hydroxyl groups is 1. The number of halogens is 1. The highest BCUT2D eigenvalue weighted by atomic mass is 79.9. The normalized spacial score (nSPS) is 25.5. The zero-order valence-electron chi connectivity index (χ0n) is 11.5. The summed E-state index contributed by atoms with van der Waals surface area (Å²) in [7, 11) is 0. The number of rotatable bonds is 3. The highest BCUT2D eigenvalue weighted by Crippen LogP contribution is 2.34. The Balaban J connectivity index is 2.34. The van der Waals surface area contributed by atoms with Gasteiger partial charge in [-0.25, -0.2) is 0 Å². The minimum Gasteiger partial charge on any atom is -0.369 e. The van der Waals surface area contributed by atoms with Gasteiger partial charge in [0.05, 0.1) is 5.92 Å². The summed E-state index contributed by atoms with van der Waals surface area (Å²) in [6.07, 6.45) is 2.30. The van der Waals surface area contributed by atoms with Gasteiger partial charge < -0.3 is 5.11 Å². The zero-order valence-corrected chi connectivity index (χ0v) is 13.1. The van der Waals surface area contributed by atoms with Gasteiger partial charge in [-0.1, -0.05) is 28.1 Å². The summed E-state index contributed by atoms with van der Waals surface area (Å²) in [6, 6.07) is 7.03. The number of amides is 1. The molecule has 2 rings (SSSR count). The van der Waals surface area contributed by atoms with Crippen LogP contribution < -0.4 is 0 Å². The molecule has 1 aromatic rings. The van der Waals surface area contributed by atoms with E-state index in [1.165, 1.54) is 0 Å². The molecule has 0 bridgehead atoms. The highest BCUT2D eigenvalue weighted by molar-refractivity contribution is 9.10. The Hall–Kier alpha value is -1.46. The molecular weight excluding hydrogens is 320 g/mol. The molecular formula is C15H17BrN2O2. The Morgan fingerprint density at radius 3 is 2.95 bits per heavy atom. The second kappa shape index (κ2) is 5.50. The molecule has 1 aromatic carbocycles. The Kier molecular flexibility index (Phi) is 4.11. The maximum atomic E-state index is 12.5. The van der Waals surface area contributed by atoms with Crippen molar-refractivity contribution in [2.75, 3.05) is 0 Å². The number of carbonyl (C=O) groups is 1. The number of hydrogen-bond acceptors (Lipinski definition) is 3. The molecule has 1 aliphatic rings. The van der Waals surface area contributed by atoms with Crippen molar-refractivity contribution in [2.45, 2.75) is 26.0 Å². The van der Waals surface area contributed by atoms with E-state index in [-0.39, 0.29) is 11.8 Å². The lowest BCUT2D eigenvalue weighted by molar-refractivity contribution is -0.0818. The fraction of sp³-hybridized carbons (Fsp3) is 0.333. The van der Waals surface area contributed by atoms with E-state index in [4.69, 9.17) is 0 Å². The average Bonchev–Trinajstić information content (AvgIpc) is 2.61. The molecule has 2 unspecified atom stereocenters. The molecule has 0 saturated carbocycles. The summed E-state index contributed by atoms with van der Waals surface area (Å²) in [5, 5.41) is 16.0. The van der Waals surface area contributed by atoms with E-state index in [1.54, 1.807) is 31.2 Å². The highest BCUT2D eigenvalue weighted by Gasteiger charge is 2.47. The third kappa shape index (κ3) is 2.55. The zero-order chi connectivity index (χ0) is 14.9. The van der Waals surface area contributed by atoms with Crippen LogP contribution >= 0.6 is 15.9 Å². The van der Waals surface area contributed by atoms with Crippen LogP contribution in [-0.4, -0.2) is 27.5 Å². The second-order valence-electron chi connectivity index (χ2n) is 5.04. The van der Waals surface area contributed by atoms with Crippen LogP contribution in [0.4, 0.5) is 0 Å². The van der Waals surface area contributed by atoms with Gasteiger partial charge in [0.2, 0.25) is 0 Å². The average molecular weight is 337 g/mol. The van der Waals surface area contributed by atoms with Crippen molar-refractivity contribution in [2.24, 2.45) is 11.0 Å². The van der Waals surface area contributed by atoms with Crippen molar-refractivity contribution >= 4 is 27.5 Å². The van der Waals surface area contributed by atoms with E-state index < -0.39 is 5.72 Å². The van der Waals surface area contributed by atoms with E-state index in [0.29, 0.717) is 12.0 Å². The standard InChI is InChI=1S/C15H17BrN2O2/c1-4-6-13-10(2)17-18(15(13,3)20)14(19)11-7-5-8-12(16)9-11/h4-5,7-9,13,20H,1,6H2,2-3H3. The maximum Gasteiger partial charge on any atom is 0.276 e. The topological polar surface area (TPSA) is 52.9 Å². The van der Waals surface area contributed by atoms with Gasteiger partial charge in [0, 0.05) is 15.7 Å². The predicted octanol–water partition coefficient (Wildman–Crippen LogP) is 3.18. The van der Waals surface area contributed by atoms with Crippen molar-refractivity contribution in [3.05, 3.63) is 47.0 Å². The quantitative estimate of drug-likeness (QED) is 0.862. The van der Waals surface area contributed by atoms with Crippen LogP contribution in [0.2, 0.25) is 0 Å². The van der Waals surface area contributed by atoms with Gasteiger partial charge in [0.1, 0.15) is 0 Å². The summed E-state index contributed by atoms with van der Waals surface area (Å²) in [5.41, 5.74) is -0.119. The van der Waals surface area contributed by atoms with E-state index in [2.05, 4.69) is 27.6 Å². The molecule has 0 spiro atoms. The van der Waals surface area contributed by atoms with Crippen molar-refractivity contribution in [1.82, 2.24) is 5.01 Å². The van der Waals surface area contributed by atoms with E-state index in [9.17, 15) is 9.90 Å².